The standard InChI is InChI=1S/C70H114N33O24P5/c1-87(2)128(110,94-18-16-93(17-19-94)70(109)117-25-24-116-23-22-115-21-20-104)118-37-48-29-97(34-55(126-48)102-43-79-58-62(102)83-66(74)85-64(58)105)132(114,91(9)10)122-40-49-30-98(35-56(127-49)103-44-80-59-63(103)84-67(75)86-65(59)106)131(113,90(7)8)121-39-47-28-96(33-54(125-47)100-15-13-51(72)82-69(100)108)130(112,89(5)6)120-38-46-27-95(32-53(124-46)99-14-12-50(71)81-68(99)107)129(111,88(3)4)119-36-45-26-92(11)31-52(123-45)101-42-78-57-60(73)76-41-77-61(57)101/h12-15,41-49,52-56,104H,16-40H2,1-11H3,(H2,71,81,107)(H2,72,82,108)(H2,73,76,77)(H3,74,83,85,105)(H3,75,84,86,106). The summed E-state index contributed by atoms with van der Waals surface area (Å²) in [5.74, 6) is -0.541. The number of aliphatic hydroxyl groups excluding tert-OH is 1. The smallest absolute Gasteiger partial charge is 0.409 e. The van der Waals surface area contributed by atoms with E-state index in [2.05, 4.69) is 54.8 Å². The number of hydrogen-bond acceptors (Lipinski definition) is 39. The number of likely N-dealkylation sites (N-methyl/N-ethyl adjacent to an activating group) is 1. The molecule has 0 radical (unpaired) electrons. The number of amides is 1. The van der Waals surface area contributed by atoms with Gasteiger partial charge in [0.05, 0.1) is 142 Å². The fraction of sp³-hybridized carbons (Fsp3) is 0.657. The zero-order valence-electron chi connectivity index (χ0n) is 74.7. The summed E-state index contributed by atoms with van der Waals surface area (Å²) in [6.07, 6.45) is -3.58. The number of aliphatic hydroxyl groups is 1. The Morgan fingerprint density at radius 1 is 0.424 bits per heavy atom. The number of rotatable bonds is 38. The van der Waals surface area contributed by atoms with Crippen LogP contribution in [0.2, 0.25) is 0 Å². The first-order chi connectivity index (χ1) is 62.8. The van der Waals surface area contributed by atoms with Gasteiger partial charge < -0.3 is 99.2 Å². The van der Waals surface area contributed by atoms with E-state index in [1.807, 2.05) is 11.9 Å². The van der Waals surface area contributed by atoms with E-state index in [9.17, 15) is 24.0 Å². The first kappa shape index (κ1) is 99.4. The molecule has 6 saturated heterocycles. The maximum atomic E-state index is 16.6. The topological polar surface area (TPSA) is 652 Å². The molecule has 15 unspecified atom stereocenters. The van der Waals surface area contributed by atoms with Crippen molar-refractivity contribution in [3.05, 3.63) is 91.5 Å². The van der Waals surface area contributed by atoms with E-state index in [1.165, 1.54) is 146 Å². The third kappa shape index (κ3) is 21.8. The molecule has 1 amide bonds. The zero-order valence-corrected chi connectivity index (χ0v) is 79.1. The number of anilines is 5. The fourth-order valence-electron chi connectivity index (χ4n) is 15.9. The number of morpholine rings is 5. The highest BCUT2D eigenvalue weighted by Crippen LogP contribution is 2.61. The summed E-state index contributed by atoms with van der Waals surface area (Å²) >= 11 is 0. The molecule has 0 bridgehead atoms. The first-order valence-corrected chi connectivity index (χ1v) is 49.5. The molecule has 728 valence electrons. The molecule has 0 aromatic carbocycles. The molecule has 8 aromatic heterocycles. The Balaban J connectivity index is 0.712. The highest BCUT2D eigenvalue weighted by molar-refractivity contribution is 7.55. The highest BCUT2D eigenvalue weighted by Gasteiger charge is 2.52. The maximum Gasteiger partial charge on any atom is 0.409 e. The summed E-state index contributed by atoms with van der Waals surface area (Å²) in [5.41, 5.74) is 27.9. The van der Waals surface area contributed by atoms with Crippen molar-refractivity contribution in [3.8, 4) is 0 Å². The molecule has 15 atom stereocenters. The van der Waals surface area contributed by atoms with Crippen LogP contribution in [0.15, 0.2) is 69.0 Å². The number of piperazine rings is 1. The van der Waals surface area contributed by atoms with E-state index in [4.69, 9.17) is 94.3 Å². The lowest BCUT2D eigenvalue weighted by Crippen LogP contribution is -2.51. The first-order valence-electron chi connectivity index (χ1n) is 41.9. The largest absolute Gasteiger partial charge is 0.447 e. The van der Waals surface area contributed by atoms with E-state index in [1.54, 1.807) is 43.8 Å². The Hall–Kier alpha value is -8.53. The summed E-state index contributed by atoms with van der Waals surface area (Å²) in [7, 11) is -4.39. The van der Waals surface area contributed by atoms with Crippen molar-refractivity contribution in [2.75, 3.05) is 270 Å². The summed E-state index contributed by atoms with van der Waals surface area (Å²) in [5, 5.41) is 8.94. The lowest BCUT2D eigenvalue weighted by molar-refractivity contribution is -0.134. The number of imidazole rings is 3. The molecule has 14 heterocycles. The van der Waals surface area contributed by atoms with Gasteiger partial charge in [0.2, 0.25) is 11.9 Å². The Labute approximate surface area is 755 Å². The minimum Gasteiger partial charge on any atom is -0.447 e. The molecule has 6 aliphatic heterocycles. The Kier molecular flexibility index (Phi) is 31.6. The molecule has 57 nitrogen and oxygen atoms in total. The van der Waals surface area contributed by atoms with Gasteiger partial charge in [-0.1, -0.05) is 0 Å². The van der Waals surface area contributed by atoms with Crippen LogP contribution in [0.25, 0.3) is 33.5 Å². The quantitative estimate of drug-likeness (QED) is 0.0159. The normalized spacial score (nSPS) is 25.2. The van der Waals surface area contributed by atoms with Crippen LogP contribution in [0.4, 0.5) is 34.1 Å². The molecule has 62 heteroatoms. The molecule has 13 N–H and O–H groups in total. The minimum absolute atomic E-state index is 0.00311. The van der Waals surface area contributed by atoms with Crippen molar-refractivity contribution in [1.29, 1.82) is 0 Å². The molecule has 14 rings (SSSR count). The number of nitrogens with two attached hydrogens (primary N) is 5. The van der Waals surface area contributed by atoms with Gasteiger partial charge >= 0.3 is 55.8 Å². The van der Waals surface area contributed by atoms with Crippen LogP contribution in [0.1, 0.15) is 31.1 Å². The van der Waals surface area contributed by atoms with Crippen molar-refractivity contribution >= 4 is 107 Å². The summed E-state index contributed by atoms with van der Waals surface area (Å²) in [6.45, 7) is -2.71. The lowest BCUT2D eigenvalue weighted by Gasteiger charge is -2.46. The molecular formula is C70H114N33O24P5. The van der Waals surface area contributed by atoms with E-state index >= 15 is 22.8 Å². The molecule has 6 aliphatic rings. The van der Waals surface area contributed by atoms with Gasteiger partial charge in [-0.3, -0.25) is 70.1 Å². The van der Waals surface area contributed by atoms with Gasteiger partial charge in [0.15, 0.2) is 46.2 Å². The summed E-state index contributed by atoms with van der Waals surface area (Å²) in [4.78, 5) is 114. The number of carbonyl (C=O) groups excluding carboxylic acids is 1. The predicted octanol–water partition coefficient (Wildman–Crippen LogP) is -1.64. The number of nitrogens with zero attached hydrogens (tertiary/aromatic N) is 26. The Morgan fingerprint density at radius 2 is 0.765 bits per heavy atom. The van der Waals surface area contributed by atoms with Crippen LogP contribution in [0, 0.1) is 0 Å². The van der Waals surface area contributed by atoms with Crippen molar-refractivity contribution in [1.82, 2.24) is 134 Å². The molecule has 132 heavy (non-hydrogen) atoms. The number of aromatic nitrogens is 16. The van der Waals surface area contributed by atoms with E-state index in [0.29, 0.717) is 24.3 Å². The average molecular weight is 1960 g/mol. The SMILES string of the molecule is CN1CC(COP(=O)(N(C)C)N2CC(COP(=O)(N(C)C)N3CC(COP(=O)(N(C)C)N4CC(COP(=O)(N(C)C)N5CC(COP(=O)(N(C)C)N6CCN(C(=O)OCCOCCOCCO)CC6)OC(n6cnc7c(=O)[nH]c(N)nc76)C5)OC(n5cnc6c(=O)[nH]c(N)nc65)C4)OC(n4ccc(N)nc4=O)C3)OC(n3ccc(N)nc3=O)C2)OC(n2cnc3c(N)ncnc32)C1. The second kappa shape index (κ2) is 42.0. The molecule has 0 saturated carbocycles. The van der Waals surface area contributed by atoms with Crippen molar-refractivity contribution in [2.45, 2.75) is 61.7 Å². The van der Waals surface area contributed by atoms with Crippen LogP contribution >= 0.6 is 38.4 Å². The molecule has 6 fully saturated rings. The van der Waals surface area contributed by atoms with Crippen LogP contribution in [-0.2, 0) is 83.3 Å². The Morgan fingerprint density at radius 3 is 1.14 bits per heavy atom. The summed E-state index contributed by atoms with van der Waals surface area (Å²) < 4.78 is 184. The fourth-order valence-corrected chi connectivity index (χ4v) is 25.8. The number of ether oxygens (including phenoxy) is 8. The number of hydrogen-bond donors (Lipinski definition) is 8. The van der Waals surface area contributed by atoms with Crippen LogP contribution in [-0.4, -0.2) is 418 Å². The molecule has 0 spiro atoms. The molecule has 8 aromatic rings. The molecular weight excluding hydrogens is 1840 g/mol. The minimum atomic E-state index is -4.52. The van der Waals surface area contributed by atoms with Gasteiger partial charge in [0.1, 0.15) is 48.8 Å². The van der Waals surface area contributed by atoms with Crippen LogP contribution in [0.5, 0.6) is 0 Å². The number of fused-ring (bicyclic) bond motifs is 3. The van der Waals surface area contributed by atoms with Crippen molar-refractivity contribution < 1.29 is 93.2 Å². The van der Waals surface area contributed by atoms with Gasteiger partial charge in [0, 0.05) is 77.8 Å². The molecule has 0 aliphatic carbocycles. The van der Waals surface area contributed by atoms with Gasteiger partial charge in [-0.15, -0.1) is 0 Å². The number of H-pyrrole nitrogens is 2. The Bertz CT molecular complexity index is 5880. The number of aromatic amines is 2. The van der Waals surface area contributed by atoms with E-state index < -0.39 is 155 Å². The predicted molar refractivity (Wildman–Crippen MR) is 473 cm³/mol. The van der Waals surface area contributed by atoms with Crippen LogP contribution < -0.4 is 51.2 Å². The summed E-state index contributed by atoms with van der Waals surface area (Å²) in [6, 6.07) is 2.75. The third-order valence-electron chi connectivity index (χ3n) is 22.4. The number of nitrogen functional groups attached to an aromatic ring is 5. The van der Waals surface area contributed by atoms with Gasteiger partial charge in [-0.2, -0.15) is 19.9 Å². The number of nitrogens with one attached hydrogen (secondary N) is 2. The second-order valence-electron chi connectivity index (χ2n) is 32.7. The monoisotopic (exact) mass is 1960 g/mol. The number of carbonyl (C=O) groups is 1. The highest BCUT2D eigenvalue weighted by atomic mass is 31.2. The van der Waals surface area contributed by atoms with Crippen LogP contribution in [0.3, 0.4) is 0 Å². The lowest BCUT2D eigenvalue weighted by atomic mass is 10.3. The average Bonchev–Trinajstić information content (AvgIpc) is 1.50. The zero-order chi connectivity index (χ0) is 94.6. The van der Waals surface area contributed by atoms with E-state index in [0.717, 1.165) is 4.57 Å². The second-order valence-corrected chi connectivity index (χ2v) is 45.7. The van der Waals surface area contributed by atoms with E-state index in [-0.39, 0.29) is 176 Å². The van der Waals surface area contributed by atoms with Gasteiger partial charge in [0.25, 0.3) is 11.1 Å². The van der Waals surface area contributed by atoms with Crippen molar-refractivity contribution in [2.24, 2.45) is 0 Å². The van der Waals surface area contributed by atoms with Gasteiger partial charge in [-0.05, 0) is 89.7 Å². The van der Waals surface area contributed by atoms with Crippen molar-refractivity contribution in [3.63, 3.8) is 0 Å². The van der Waals surface area contributed by atoms with Gasteiger partial charge in [-0.25, -0.2) is 86.0 Å². The maximum absolute atomic E-state index is 16.6. The third-order valence-corrected chi connectivity index (χ3v) is 35.2.